The van der Waals surface area contributed by atoms with E-state index >= 15 is 0 Å². The molecule has 0 spiro atoms. The van der Waals surface area contributed by atoms with Crippen molar-refractivity contribution < 1.29 is 52.9 Å². The molecule has 0 saturated carbocycles. The number of non-ortho nitro benzene ring substituents is 1. The van der Waals surface area contributed by atoms with Gasteiger partial charge in [0, 0.05) is 17.2 Å². The second-order valence-electron chi connectivity index (χ2n) is 9.71. The maximum atomic E-state index is 11.9. The standard InChI is InChI=1S/C15H7Cl5O4.C15H9N3O10.CH4/c1-6-2-8(17)12(9(18)3-6)23-14(21)15(22)24-13-10(19)4-7(16)5-11(13)20;1-8-2-4-12(10(6-8)17(23)24)27-14(19)15(20)28-13-5-3-9(16(21)22)7-11(13)18(25)26;/h2-5H,1H3;2-7H,1H3;1H4. The Morgan fingerprint density at radius 2 is 0.887 bits per heavy atom. The number of nitro groups is 3. The number of benzene rings is 4. The van der Waals surface area contributed by atoms with E-state index in [-0.39, 0.29) is 44.0 Å². The molecular formula is C31H20Cl5N3O14. The molecular weight excluding hydrogens is 816 g/mol. The summed E-state index contributed by atoms with van der Waals surface area (Å²) in [5.74, 6) is -7.73. The van der Waals surface area contributed by atoms with Crippen molar-refractivity contribution >= 4 is 98.9 Å². The first kappa shape index (κ1) is 43.6. The quantitative estimate of drug-likeness (QED) is 0.0557. The van der Waals surface area contributed by atoms with E-state index in [1.807, 2.05) is 0 Å². The summed E-state index contributed by atoms with van der Waals surface area (Å²) in [6.07, 6.45) is 0. The van der Waals surface area contributed by atoms with E-state index in [0.29, 0.717) is 11.6 Å². The molecule has 22 heteroatoms. The Balaban J connectivity index is 0.000000364. The molecule has 0 aliphatic heterocycles. The summed E-state index contributed by atoms with van der Waals surface area (Å²) in [5.41, 5.74) is -0.897. The number of esters is 4. The average Bonchev–Trinajstić information content (AvgIpc) is 3.05. The Labute approximate surface area is 322 Å². The summed E-state index contributed by atoms with van der Waals surface area (Å²) in [6, 6.07) is 11.4. The number of nitrogens with zero attached hydrogens (tertiary/aromatic N) is 3. The molecule has 4 aromatic carbocycles. The van der Waals surface area contributed by atoms with E-state index < -0.39 is 67.2 Å². The highest BCUT2D eigenvalue weighted by Crippen LogP contribution is 2.37. The van der Waals surface area contributed by atoms with E-state index in [9.17, 15) is 49.5 Å². The Bertz CT molecular complexity index is 2050. The third kappa shape index (κ3) is 11.7. The molecule has 0 atom stereocenters. The van der Waals surface area contributed by atoms with Gasteiger partial charge in [0.2, 0.25) is 11.5 Å². The molecule has 53 heavy (non-hydrogen) atoms. The number of hydrogen-bond acceptors (Lipinski definition) is 14. The van der Waals surface area contributed by atoms with Gasteiger partial charge in [0.05, 0.1) is 40.9 Å². The average molecular weight is 836 g/mol. The third-order valence-corrected chi connectivity index (χ3v) is 7.24. The second-order valence-corrected chi connectivity index (χ2v) is 11.8. The lowest BCUT2D eigenvalue weighted by Gasteiger charge is -2.10. The van der Waals surface area contributed by atoms with Crippen LogP contribution in [0.2, 0.25) is 25.1 Å². The lowest BCUT2D eigenvalue weighted by molar-refractivity contribution is -0.394. The van der Waals surface area contributed by atoms with Gasteiger partial charge in [0.15, 0.2) is 11.5 Å². The number of rotatable bonds is 7. The Kier molecular flexibility index (Phi) is 15.4. The van der Waals surface area contributed by atoms with Crippen LogP contribution in [0.5, 0.6) is 23.0 Å². The van der Waals surface area contributed by atoms with Crippen LogP contribution in [0.3, 0.4) is 0 Å². The third-order valence-electron chi connectivity index (χ3n) is 5.90. The van der Waals surface area contributed by atoms with Gasteiger partial charge in [-0.3, -0.25) is 30.3 Å². The highest BCUT2D eigenvalue weighted by molar-refractivity contribution is 6.41. The summed E-state index contributed by atoms with van der Waals surface area (Å²) < 4.78 is 18.9. The van der Waals surface area contributed by atoms with Crippen molar-refractivity contribution in [1.29, 1.82) is 0 Å². The van der Waals surface area contributed by atoms with E-state index in [1.54, 1.807) is 13.8 Å². The predicted octanol–water partition coefficient (Wildman–Crippen LogP) is 8.64. The lowest BCUT2D eigenvalue weighted by Crippen LogP contribution is -2.26. The normalized spacial score (nSPS) is 10.0. The Morgan fingerprint density at radius 3 is 1.30 bits per heavy atom. The first-order valence-corrected chi connectivity index (χ1v) is 15.3. The first-order valence-electron chi connectivity index (χ1n) is 13.4. The van der Waals surface area contributed by atoms with E-state index in [4.69, 9.17) is 67.5 Å². The fourth-order valence-electron chi connectivity index (χ4n) is 3.67. The fraction of sp³-hybridized carbons (Fsp3) is 0.0968. The van der Waals surface area contributed by atoms with Gasteiger partial charge in [-0.2, -0.15) is 0 Å². The van der Waals surface area contributed by atoms with Gasteiger partial charge in [0.1, 0.15) is 0 Å². The summed E-state index contributed by atoms with van der Waals surface area (Å²) >= 11 is 29.4. The van der Waals surface area contributed by atoms with E-state index in [1.165, 1.54) is 30.3 Å². The molecule has 0 unspecified atom stereocenters. The molecule has 0 aliphatic carbocycles. The molecule has 0 amide bonds. The van der Waals surface area contributed by atoms with Gasteiger partial charge in [0.25, 0.3) is 5.69 Å². The summed E-state index contributed by atoms with van der Waals surface area (Å²) in [5, 5.41) is 33.0. The molecule has 0 bridgehead atoms. The zero-order chi connectivity index (χ0) is 39.0. The van der Waals surface area contributed by atoms with Gasteiger partial charge in [-0.25, -0.2) is 19.2 Å². The maximum absolute atomic E-state index is 11.9. The lowest BCUT2D eigenvalue weighted by atomic mass is 10.2. The van der Waals surface area contributed by atoms with Crippen LogP contribution in [0.15, 0.2) is 60.7 Å². The minimum atomic E-state index is -1.72. The highest BCUT2D eigenvalue weighted by Gasteiger charge is 2.29. The largest absolute Gasteiger partial charge is 0.423 e. The molecule has 0 aliphatic rings. The first-order chi connectivity index (χ1) is 24.3. The van der Waals surface area contributed by atoms with Crippen molar-refractivity contribution in [3.05, 3.63) is 127 Å². The van der Waals surface area contributed by atoms with Crippen molar-refractivity contribution in [3.63, 3.8) is 0 Å². The van der Waals surface area contributed by atoms with Crippen molar-refractivity contribution in [2.75, 3.05) is 0 Å². The van der Waals surface area contributed by atoms with E-state index in [0.717, 1.165) is 29.8 Å². The predicted molar refractivity (Wildman–Crippen MR) is 190 cm³/mol. The molecule has 4 rings (SSSR count). The van der Waals surface area contributed by atoms with E-state index in [2.05, 4.69) is 9.47 Å². The molecule has 0 N–H and O–H groups in total. The molecule has 0 fully saturated rings. The van der Waals surface area contributed by atoms with Gasteiger partial charge in [-0.1, -0.05) is 71.5 Å². The number of halogens is 5. The topological polar surface area (TPSA) is 235 Å². The number of carbonyl (C=O) groups excluding carboxylic acids is 4. The maximum Gasteiger partial charge on any atom is 0.423 e. The summed E-state index contributed by atoms with van der Waals surface area (Å²) in [6.45, 7) is 3.31. The second kappa shape index (κ2) is 18.8. The monoisotopic (exact) mass is 833 g/mol. The molecule has 278 valence electrons. The highest BCUT2D eigenvalue weighted by atomic mass is 35.5. The van der Waals surface area contributed by atoms with Crippen LogP contribution in [0.1, 0.15) is 18.6 Å². The van der Waals surface area contributed by atoms with Gasteiger partial charge < -0.3 is 18.9 Å². The van der Waals surface area contributed by atoms with Crippen LogP contribution < -0.4 is 18.9 Å². The minimum Gasteiger partial charge on any atom is -0.415 e. The number of hydrogen-bond donors (Lipinski definition) is 0. The van der Waals surface area contributed by atoms with Crippen molar-refractivity contribution in [1.82, 2.24) is 0 Å². The van der Waals surface area contributed by atoms with Gasteiger partial charge in [-0.15, -0.1) is 0 Å². The Hall–Kier alpha value is -5.59. The molecule has 0 saturated heterocycles. The van der Waals surface area contributed by atoms with Crippen molar-refractivity contribution in [2.24, 2.45) is 0 Å². The zero-order valence-electron chi connectivity index (χ0n) is 25.7. The van der Waals surface area contributed by atoms with Gasteiger partial charge in [-0.05, 0) is 61.4 Å². The van der Waals surface area contributed by atoms with Crippen LogP contribution in [0.25, 0.3) is 0 Å². The number of carbonyl (C=O) groups is 4. The fourth-order valence-corrected chi connectivity index (χ4v) is 5.23. The molecule has 0 radical (unpaired) electrons. The molecule has 4 aromatic rings. The van der Waals surface area contributed by atoms with Gasteiger partial charge >= 0.3 is 35.3 Å². The van der Waals surface area contributed by atoms with Crippen LogP contribution in [-0.4, -0.2) is 38.6 Å². The molecule has 17 nitrogen and oxygen atoms in total. The van der Waals surface area contributed by atoms with Crippen LogP contribution >= 0.6 is 58.0 Å². The van der Waals surface area contributed by atoms with Crippen LogP contribution in [-0.2, 0) is 19.2 Å². The minimum absolute atomic E-state index is 0. The van der Waals surface area contributed by atoms with Crippen molar-refractivity contribution in [2.45, 2.75) is 21.3 Å². The summed E-state index contributed by atoms with van der Waals surface area (Å²) in [7, 11) is 0. The summed E-state index contributed by atoms with van der Waals surface area (Å²) in [4.78, 5) is 77.3. The molecule has 0 heterocycles. The smallest absolute Gasteiger partial charge is 0.415 e. The van der Waals surface area contributed by atoms with Crippen LogP contribution in [0, 0.1) is 44.2 Å². The van der Waals surface area contributed by atoms with Crippen molar-refractivity contribution in [3.8, 4) is 23.0 Å². The number of nitro benzene ring substituents is 3. The zero-order valence-corrected chi connectivity index (χ0v) is 29.5. The number of aryl methyl sites for hydroxylation is 2. The van der Waals surface area contributed by atoms with Crippen LogP contribution in [0.4, 0.5) is 17.1 Å². The Morgan fingerprint density at radius 1 is 0.509 bits per heavy atom. The number of ether oxygens (including phenoxy) is 4. The SMILES string of the molecule is C.Cc1cc(Cl)c(OC(=O)C(=O)Oc2c(Cl)cc(Cl)cc2Cl)c(Cl)c1.Cc1ccc(OC(=O)C(=O)Oc2ccc([N+](=O)[O-])cc2[N+](=O)[O-])c([N+](=O)[O-])c1. The molecule has 0 aromatic heterocycles.